The highest BCUT2D eigenvalue weighted by Gasteiger charge is 2.17. The zero-order chi connectivity index (χ0) is 12.2. The third-order valence-corrected chi connectivity index (χ3v) is 3.48. The highest BCUT2D eigenvalue weighted by molar-refractivity contribution is 5.48. The van der Waals surface area contributed by atoms with Gasteiger partial charge in [0.1, 0.15) is 0 Å². The van der Waals surface area contributed by atoms with Gasteiger partial charge in [0.25, 0.3) is 0 Å². The molecule has 1 unspecified atom stereocenters. The van der Waals surface area contributed by atoms with Crippen LogP contribution in [0.1, 0.15) is 18.4 Å². The highest BCUT2D eigenvalue weighted by atomic mass is 16.7. The van der Waals surface area contributed by atoms with E-state index in [4.69, 9.17) is 14.2 Å². The molecule has 0 saturated carbocycles. The molecule has 0 aromatic heterocycles. The molecular formula is C14H19NO3. The van der Waals surface area contributed by atoms with E-state index in [1.165, 1.54) is 18.4 Å². The summed E-state index contributed by atoms with van der Waals surface area (Å²) < 4.78 is 16.3. The molecule has 0 spiro atoms. The van der Waals surface area contributed by atoms with Gasteiger partial charge in [-0.2, -0.15) is 0 Å². The number of para-hydroxylation sites is 1. The van der Waals surface area contributed by atoms with E-state index in [2.05, 4.69) is 11.4 Å². The van der Waals surface area contributed by atoms with Crippen LogP contribution in [0.3, 0.4) is 0 Å². The van der Waals surface area contributed by atoms with Gasteiger partial charge in [-0.05, 0) is 24.8 Å². The summed E-state index contributed by atoms with van der Waals surface area (Å²) in [5, 5.41) is 3.49. The number of ether oxygens (including phenoxy) is 3. The van der Waals surface area contributed by atoms with Gasteiger partial charge >= 0.3 is 0 Å². The summed E-state index contributed by atoms with van der Waals surface area (Å²) in [7, 11) is 0. The van der Waals surface area contributed by atoms with Gasteiger partial charge in [-0.25, -0.2) is 0 Å². The zero-order valence-electron chi connectivity index (χ0n) is 10.5. The standard InChI is InChI=1S/C14H19NO3/c1-4-12(14-13(5-1)17-10-18-14)8-15-7-11-3-2-6-16-9-11/h1,4-5,11,15H,2-3,6-10H2. The van der Waals surface area contributed by atoms with Crippen molar-refractivity contribution in [3.63, 3.8) is 0 Å². The minimum Gasteiger partial charge on any atom is -0.454 e. The SMILES string of the molecule is c1cc(CNCC2CCCOC2)c2c(c1)OCO2. The molecule has 0 aliphatic carbocycles. The lowest BCUT2D eigenvalue weighted by molar-refractivity contribution is 0.0547. The average Bonchev–Trinajstić information content (AvgIpc) is 2.89. The first-order chi connectivity index (χ1) is 8.93. The lowest BCUT2D eigenvalue weighted by atomic mass is 10.0. The van der Waals surface area contributed by atoms with Crippen LogP contribution >= 0.6 is 0 Å². The van der Waals surface area contributed by atoms with E-state index < -0.39 is 0 Å². The molecule has 1 aromatic rings. The van der Waals surface area contributed by atoms with Crippen molar-refractivity contribution >= 4 is 0 Å². The van der Waals surface area contributed by atoms with E-state index in [0.717, 1.165) is 37.8 Å². The normalized spacial score (nSPS) is 22.1. The first kappa shape index (κ1) is 11.8. The van der Waals surface area contributed by atoms with Crippen LogP contribution in [0.15, 0.2) is 18.2 Å². The molecule has 4 nitrogen and oxygen atoms in total. The minimum atomic E-state index is 0.336. The molecule has 4 heteroatoms. The molecule has 0 radical (unpaired) electrons. The van der Waals surface area contributed by atoms with Gasteiger partial charge in [0.15, 0.2) is 11.5 Å². The van der Waals surface area contributed by atoms with Gasteiger partial charge in [-0.15, -0.1) is 0 Å². The number of benzene rings is 1. The van der Waals surface area contributed by atoms with E-state index in [1.54, 1.807) is 0 Å². The summed E-state index contributed by atoms with van der Waals surface area (Å²) in [6.45, 7) is 3.98. The second-order valence-electron chi connectivity index (χ2n) is 4.86. The molecule has 2 heterocycles. The Morgan fingerprint density at radius 3 is 3.17 bits per heavy atom. The van der Waals surface area contributed by atoms with E-state index in [-0.39, 0.29) is 0 Å². The maximum absolute atomic E-state index is 5.49. The molecule has 2 aliphatic rings. The quantitative estimate of drug-likeness (QED) is 0.885. The van der Waals surface area contributed by atoms with Crippen molar-refractivity contribution in [2.24, 2.45) is 5.92 Å². The fraction of sp³-hybridized carbons (Fsp3) is 0.571. The predicted octanol–water partition coefficient (Wildman–Crippen LogP) is 1.93. The fourth-order valence-electron chi connectivity index (χ4n) is 2.51. The highest BCUT2D eigenvalue weighted by Crippen LogP contribution is 2.35. The second kappa shape index (κ2) is 5.59. The molecule has 0 bridgehead atoms. The first-order valence-electron chi connectivity index (χ1n) is 6.59. The Labute approximate surface area is 107 Å². The number of fused-ring (bicyclic) bond motifs is 1. The van der Waals surface area contributed by atoms with Crippen LogP contribution in [0.5, 0.6) is 11.5 Å². The zero-order valence-corrected chi connectivity index (χ0v) is 10.5. The second-order valence-corrected chi connectivity index (χ2v) is 4.86. The van der Waals surface area contributed by atoms with Gasteiger partial charge < -0.3 is 19.5 Å². The van der Waals surface area contributed by atoms with Crippen LogP contribution < -0.4 is 14.8 Å². The fourth-order valence-corrected chi connectivity index (χ4v) is 2.51. The topological polar surface area (TPSA) is 39.7 Å². The van der Waals surface area contributed by atoms with Crippen LogP contribution in [0, 0.1) is 5.92 Å². The molecular weight excluding hydrogens is 230 g/mol. The Bertz CT molecular complexity index is 402. The number of nitrogens with one attached hydrogen (secondary N) is 1. The van der Waals surface area contributed by atoms with Crippen molar-refractivity contribution < 1.29 is 14.2 Å². The third-order valence-electron chi connectivity index (χ3n) is 3.48. The van der Waals surface area contributed by atoms with Crippen molar-refractivity contribution in [1.29, 1.82) is 0 Å². The van der Waals surface area contributed by atoms with E-state index in [0.29, 0.717) is 12.7 Å². The summed E-state index contributed by atoms with van der Waals surface area (Å²) in [6, 6.07) is 6.03. The molecule has 0 amide bonds. The van der Waals surface area contributed by atoms with Crippen molar-refractivity contribution in [1.82, 2.24) is 5.32 Å². The van der Waals surface area contributed by atoms with Gasteiger partial charge in [0.2, 0.25) is 6.79 Å². The molecule has 2 aliphatic heterocycles. The maximum Gasteiger partial charge on any atom is 0.231 e. The number of hydrogen-bond donors (Lipinski definition) is 1. The lowest BCUT2D eigenvalue weighted by Crippen LogP contribution is -2.28. The molecule has 1 N–H and O–H groups in total. The Morgan fingerprint density at radius 1 is 1.28 bits per heavy atom. The summed E-state index contributed by atoms with van der Waals surface area (Å²) >= 11 is 0. The van der Waals surface area contributed by atoms with Crippen LogP contribution in [-0.4, -0.2) is 26.6 Å². The smallest absolute Gasteiger partial charge is 0.231 e. The molecule has 1 atom stereocenters. The van der Waals surface area contributed by atoms with Gasteiger partial charge in [0.05, 0.1) is 6.61 Å². The van der Waals surface area contributed by atoms with Crippen molar-refractivity contribution in [3.8, 4) is 11.5 Å². The molecule has 1 saturated heterocycles. The molecule has 98 valence electrons. The molecule has 18 heavy (non-hydrogen) atoms. The Balaban J connectivity index is 1.52. The van der Waals surface area contributed by atoms with E-state index in [9.17, 15) is 0 Å². The largest absolute Gasteiger partial charge is 0.454 e. The summed E-state index contributed by atoms with van der Waals surface area (Å²) in [4.78, 5) is 0. The average molecular weight is 249 g/mol. The first-order valence-corrected chi connectivity index (χ1v) is 6.59. The Morgan fingerprint density at radius 2 is 2.28 bits per heavy atom. The van der Waals surface area contributed by atoms with Crippen molar-refractivity contribution in [3.05, 3.63) is 23.8 Å². The van der Waals surface area contributed by atoms with Gasteiger partial charge in [-0.1, -0.05) is 12.1 Å². The number of rotatable bonds is 4. The molecule has 3 rings (SSSR count). The van der Waals surface area contributed by atoms with Crippen LogP contribution in [0.2, 0.25) is 0 Å². The summed E-state index contributed by atoms with van der Waals surface area (Å²) in [5.74, 6) is 2.40. The van der Waals surface area contributed by atoms with Crippen molar-refractivity contribution in [2.75, 3.05) is 26.6 Å². The lowest BCUT2D eigenvalue weighted by Gasteiger charge is -2.22. The van der Waals surface area contributed by atoms with E-state index in [1.807, 2.05) is 12.1 Å². The maximum atomic E-state index is 5.49. The molecule has 1 aromatic carbocycles. The van der Waals surface area contributed by atoms with Crippen LogP contribution in [0.25, 0.3) is 0 Å². The summed E-state index contributed by atoms with van der Waals surface area (Å²) in [5.41, 5.74) is 1.17. The van der Waals surface area contributed by atoms with Gasteiger partial charge in [-0.3, -0.25) is 0 Å². The van der Waals surface area contributed by atoms with Crippen molar-refractivity contribution in [2.45, 2.75) is 19.4 Å². The number of hydrogen-bond acceptors (Lipinski definition) is 4. The Kier molecular flexibility index (Phi) is 3.67. The van der Waals surface area contributed by atoms with Gasteiger partial charge in [0, 0.05) is 25.3 Å². The van der Waals surface area contributed by atoms with E-state index >= 15 is 0 Å². The molecule has 1 fully saturated rings. The predicted molar refractivity (Wildman–Crippen MR) is 67.8 cm³/mol. The minimum absolute atomic E-state index is 0.336. The monoisotopic (exact) mass is 249 g/mol. The Hall–Kier alpha value is -1.26. The summed E-state index contributed by atoms with van der Waals surface area (Å²) in [6.07, 6.45) is 2.45. The third kappa shape index (κ3) is 2.60. The van der Waals surface area contributed by atoms with Crippen LogP contribution in [-0.2, 0) is 11.3 Å². The van der Waals surface area contributed by atoms with Crippen LogP contribution in [0.4, 0.5) is 0 Å².